The zero-order valence-corrected chi connectivity index (χ0v) is 9.14. The van der Waals surface area contributed by atoms with Gasteiger partial charge in [0.2, 0.25) is 0 Å². The summed E-state index contributed by atoms with van der Waals surface area (Å²) in [6, 6.07) is 6.11. The Hall–Kier alpha value is -2.08. The summed E-state index contributed by atoms with van der Waals surface area (Å²) < 4.78 is 0. The standard InChI is InChI=1S/C11H14N2O4/c14-7-3-6-12-10(16)11(17)13-8-4-1-2-5-9(8)15/h1-2,4-5,14-15H,3,6-7H2,(H,12,16)(H,13,17). The van der Waals surface area contributed by atoms with Gasteiger partial charge in [0, 0.05) is 13.2 Å². The fraction of sp³-hybridized carbons (Fsp3) is 0.273. The van der Waals surface area contributed by atoms with E-state index >= 15 is 0 Å². The molecule has 0 fully saturated rings. The summed E-state index contributed by atoms with van der Waals surface area (Å²) in [5.74, 6) is -1.77. The Morgan fingerprint density at radius 2 is 1.88 bits per heavy atom. The molecule has 0 saturated heterocycles. The van der Waals surface area contributed by atoms with Crippen LogP contribution in [0.25, 0.3) is 0 Å². The molecule has 0 aliphatic heterocycles. The zero-order chi connectivity index (χ0) is 12.7. The number of nitrogens with one attached hydrogen (secondary N) is 2. The van der Waals surface area contributed by atoms with Crippen molar-refractivity contribution in [2.24, 2.45) is 0 Å². The molecule has 1 rings (SSSR count). The van der Waals surface area contributed by atoms with Gasteiger partial charge in [-0.05, 0) is 18.6 Å². The molecule has 2 amide bonds. The maximum atomic E-state index is 11.4. The van der Waals surface area contributed by atoms with Gasteiger partial charge in [0.15, 0.2) is 0 Å². The molecule has 92 valence electrons. The molecule has 0 aliphatic carbocycles. The summed E-state index contributed by atoms with van der Waals surface area (Å²) in [4.78, 5) is 22.6. The van der Waals surface area contributed by atoms with E-state index < -0.39 is 11.8 Å². The van der Waals surface area contributed by atoms with Gasteiger partial charge in [0.05, 0.1) is 5.69 Å². The minimum Gasteiger partial charge on any atom is -0.506 e. The molecule has 6 heteroatoms. The van der Waals surface area contributed by atoms with Crippen molar-refractivity contribution in [3.8, 4) is 5.75 Å². The number of carbonyl (C=O) groups is 2. The lowest BCUT2D eigenvalue weighted by molar-refractivity contribution is -0.136. The fourth-order valence-corrected chi connectivity index (χ4v) is 1.12. The SMILES string of the molecule is O=C(NCCCO)C(=O)Nc1ccccc1O. The van der Waals surface area contributed by atoms with Crippen molar-refractivity contribution in [3.63, 3.8) is 0 Å². The first-order chi connectivity index (χ1) is 8.15. The monoisotopic (exact) mass is 238 g/mol. The van der Waals surface area contributed by atoms with Crippen molar-refractivity contribution in [1.82, 2.24) is 5.32 Å². The number of anilines is 1. The highest BCUT2D eigenvalue weighted by Gasteiger charge is 2.14. The Morgan fingerprint density at radius 1 is 1.18 bits per heavy atom. The third-order valence-electron chi connectivity index (χ3n) is 1.98. The van der Waals surface area contributed by atoms with Crippen molar-refractivity contribution >= 4 is 17.5 Å². The van der Waals surface area contributed by atoms with Crippen LogP contribution in [0.15, 0.2) is 24.3 Å². The number of hydrogen-bond donors (Lipinski definition) is 4. The van der Waals surface area contributed by atoms with Gasteiger partial charge in [0.1, 0.15) is 5.75 Å². The lowest BCUT2D eigenvalue weighted by atomic mass is 10.3. The van der Waals surface area contributed by atoms with E-state index in [-0.39, 0.29) is 24.6 Å². The molecule has 1 aromatic carbocycles. The number of benzene rings is 1. The summed E-state index contributed by atoms with van der Waals surface area (Å²) >= 11 is 0. The van der Waals surface area contributed by atoms with Crippen molar-refractivity contribution in [3.05, 3.63) is 24.3 Å². The Bertz CT molecular complexity index is 406. The summed E-state index contributed by atoms with van der Waals surface area (Å²) in [5.41, 5.74) is 0.176. The number of carbonyl (C=O) groups excluding carboxylic acids is 2. The van der Waals surface area contributed by atoms with Crippen LogP contribution in [-0.2, 0) is 9.59 Å². The highest BCUT2D eigenvalue weighted by molar-refractivity contribution is 6.39. The summed E-state index contributed by atoms with van der Waals surface area (Å²) in [6.45, 7) is 0.172. The quantitative estimate of drug-likeness (QED) is 0.332. The summed E-state index contributed by atoms with van der Waals surface area (Å²) in [7, 11) is 0. The number of amides is 2. The molecule has 17 heavy (non-hydrogen) atoms. The molecule has 0 heterocycles. The fourth-order valence-electron chi connectivity index (χ4n) is 1.12. The molecule has 0 unspecified atom stereocenters. The van der Waals surface area contributed by atoms with Crippen LogP contribution in [0, 0.1) is 0 Å². The van der Waals surface area contributed by atoms with Gasteiger partial charge in [0.25, 0.3) is 0 Å². The minimum absolute atomic E-state index is 0.0542. The van der Waals surface area contributed by atoms with Crippen LogP contribution in [0.1, 0.15) is 6.42 Å². The average molecular weight is 238 g/mol. The van der Waals surface area contributed by atoms with Gasteiger partial charge in [-0.15, -0.1) is 0 Å². The van der Waals surface area contributed by atoms with Crippen LogP contribution in [0.4, 0.5) is 5.69 Å². The largest absolute Gasteiger partial charge is 0.506 e. The molecule has 0 bridgehead atoms. The van der Waals surface area contributed by atoms with E-state index in [1.165, 1.54) is 12.1 Å². The van der Waals surface area contributed by atoms with Crippen molar-refractivity contribution in [1.29, 1.82) is 0 Å². The summed E-state index contributed by atoms with van der Waals surface area (Å²) in [5, 5.41) is 22.5. The van der Waals surface area contributed by atoms with E-state index in [1.54, 1.807) is 12.1 Å². The lowest BCUT2D eigenvalue weighted by Crippen LogP contribution is -2.36. The van der Waals surface area contributed by atoms with Gasteiger partial charge in [-0.3, -0.25) is 9.59 Å². The van der Waals surface area contributed by atoms with Crippen molar-refractivity contribution < 1.29 is 19.8 Å². The first kappa shape index (κ1) is 13.0. The predicted octanol–water partition coefficient (Wildman–Crippen LogP) is -0.171. The average Bonchev–Trinajstić information content (AvgIpc) is 2.32. The number of aliphatic hydroxyl groups is 1. The van der Waals surface area contributed by atoms with Gasteiger partial charge < -0.3 is 20.8 Å². The third kappa shape index (κ3) is 4.12. The molecule has 6 nitrogen and oxygen atoms in total. The maximum absolute atomic E-state index is 11.4. The normalized spacial score (nSPS) is 9.71. The van der Waals surface area contributed by atoms with Crippen molar-refractivity contribution in [2.45, 2.75) is 6.42 Å². The number of phenolic OH excluding ortho intramolecular Hbond substituents is 1. The highest BCUT2D eigenvalue weighted by atomic mass is 16.3. The molecular weight excluding hydrogens is 224 g/mol. The van der Waals surface area contributed by atoms with E-state index in [0.29, 0.717) is 6.42 Å². The first-order valence-electron chi connectivity index (χ1n) is 5.13. The second kappa shape index (κ2) is 6.49. The molecule has 0 atom stereocenters. The lowest BCUT2D eigenvalue weighted by Gasteiger charge is -2.07. The van der Waals surface area contributed by atoms with Gasteiger partial charge in [-0.2, -0.15) is 0 Å². The molecule has 0 aliphatic rings. The Labute approximate surface area is 98.3 Å². The Kier molecular flexibility index (Phi) is 4.96. The highest BCUT2D eigenvalue weighted by Crippen LogP contribution is 2.20. The maximum Gasteiger partial charge on any atom is 0.313 e. The smallest absolute Gasteiger partial charge is 0.313 e. The number of phenols is 1. The number of hydrogen-bond acceptors (Lipinski definition) is 4. The third-order valence-corrected chi connectivity index (χ3v) is 1.98. The van der Waals surface area contributed by atoms with E-state index in [1.807, 2.05) is 0 Å². The Morgan fingerprint density at radius 3 is 2.53 bits per heavy atom. The zero-order valence-electron chi connectivity index (χ0n) is 9.14. The van der Waals surface area contributed by atoms with Gasteiger partial charge >= 0.3 is 11.8 Å². The molecule has 0 spiro atoms. The van der Waals surface area contributed by atoms with Gasteiger partial charge in [-0.25, -0.2) is 0 Å². The number of aliphatic hydroxyl groups excluding tert-OH is 1. The molecule has 0 aromatic heterocycles. The van der Waals surface area contributed by atoms with Crippen LogP contribution >= 0.6 is 0 Å². The van der Waals surface area contributed by atoms with E-state index in [4.69, 9.17) is 5.11 Å². The van der Waals surface area contributed by atoms with Crippen LogP contribution in [0.5, 0.6) is 5.75 Å². The van der Waals surface area contributed by atoms with Crippen LogP contribution in [-0.4, -0.2) is 35.2 Å². The van der Waals surface area contributed by atoms with Crippen LogP contribution in [0.2, 0.25) is 0 Å². The first-order valence-corrected chi connectivity index (χ1v) is 5.13. The van der Waals surface area contributed by atoms with Crippen molar-refractivity contribution in [2.75, 3.05) is 18.5 Å². The molecular formula is C11H14N2O4. The number of rotatable bonds is 4. The van der Waals surface area contributed by atoms with Gasteiger partial charge in [-0.1, -0.05) is 12.1 Å². The summed E-state index contributed by atoms with van der Waals surface area (Å²) in [6.07, 6.45) is 0.385. The number of aromatic hydroxyl groups is 1. The number of para-hydroxylation sites is 2. The topological polar surface area (TPSA) is 98.7 Å². The molecule has 4 N–H and O–H groups in total. The van der Waals surface area contributed by atoms with E-state index in [0.717, 1.165) is 0 Å². The minimum atomic E-state index is -0.857. The second-order valence-electron chi connectivity index (χ2n) is 3.30. The second-order valence-corrected chi connectivity index (χ2v) is 3.30. The van der Waals surface area contributed by atoms with Crippen LogP contribution < -0.4 is 10.6 Å². The molecule has 0 saturated carbocycles. The molecule has 0 radical (unpaired) electrons. The van der Waals surface area contributed by atoms with E-state index in [9.17, 15) is 14.7 Å². The van der Waals surface area contributed by atoms with E-state index in [2.05, 4.69) is 10.6 Å². The predicted molar refractivity (Wildman–Crippen MR) is 61.4 cm³/mol. The Balaban J connectivity index is 2.49. The van der Waals surface area contributed by atoms with Crippen LogP contribution in [0.3, 0.4) is 0 Å². The molecule has 1 aromatic rings.